The molecule has 1 aromatic carbocycles. The molecule has 0 saturated carbocycles. The van der Waals surface area contributed by atoms with Crippen molar-refractivity contribution >= 4 is 39.2 Å². The fraction of sp³-hybridized carbons (Fsp3) is 0.435. The van der Waals surface area contributed by atoms with E-state index in [0.29, 0.717) is 22.7 Å². The van der Waals surface area contributed by atoms with Gasteiger partial charge in [-0.1, -0.05) is 31.2 Å². The Morgan fingerprint density at radius 2 is 2.09 bits per heavy atom. The third-order valence-corrected chi connectivity index (χ3v) is 7.44. The van der Waals surface area contributed by atoms with Crippen LogP contribution in [0.3, 0.4) is 0 Å². The molecular weight excluding hydrogens is 449 g/mol. The van der Waals surface area contributed by atoms with Crippen LogP contribution in [0.4, 0.5) is 4.39 Å². The summed E-state index contributed by atoms with van der Waals surface area (Å²) >= 11 is 2.78. The van der Waals surface area contributed by atoms with Gasteiger partial charge in [0.15, 0.2) is 16.7 Å². The van der Waals surface area contributed by atoms with Crippen molar-refractivity contribution in [2.75, 3.05) is 19.9 Å². The van der Waals surface area contributed by atoms with Gasteiger partial charge in [-0.3, -0.25) is 14.2 Å². The average Bonchev–Trinajstić information content (AvgIpc) is 3.05. The molecule has 0 atom stereocenters. The van der Waals surface area contributed by atoms with E-state index in [-0.39, 0.29) is 29.5 Å². The summed E-state index contributed by atoms with van der Waals surface area (Å²) in [4.78, 5) is 34.0. The van der Waals surface area contributed by atoms with Gasteiger partial charge in [0, 0.05) is 25.0 Å². The van der Waals surface area contributed by atoms with Crippen molar-refractivity contribution in [3.8, 4) is 5.75 Å². The third-order valence-electron chi connectivity index (χ3n) is 5.38. The normalized spacial score (nSPS) is 11.2. The predicted octanol–water partition coefficient (Wildman–Crippen LogP) is 4.77. The first-order valence-corrected chi connectivity index (χ1v) is 12.3. The molecule has 3 aromatic rings. The van der Waals surface area contributed by atoms with Crippen molar-refractivity contribution in [3.05, 3.63) is 50.4 Å². The number of hydrogen-bond acceptors (Lipinski definition) is 6. The molecular formula is C23H28FN3O3S2. The second kappa shape index (κ2) is 10.5. The standard InChI is InChI=1S/C23H28FN3O3S2/c1-6-7-10-27-22(29)20-14(2)15(3)32-21(20)25-23(27)31-13-19(28)26(4)12-16-8-9-18(30-5)17(24)11-16/h8-9,11H,6-7,10,12-13H2,1-5H3. The number of fused-ring (bicyclic) bond motifs is 1. The number of aromatic nitrogens is 2. The number of halogens is 1. The molecule has 0 fully saturated rings. The van der Waals surface area contributed by atoms with Gasteiger partial charge in [0.05, 0.1) is 18.2 Å². The van der Waals surface area contributed by atoms with Crippen LogP contribution in [0.1, 0.15) is 35.8 Å². The molecule has 9 heteroatoms. The van der Waals surface area contributed by atoms with Crippen LogP contribution in [-0.2, 0) is 17.9 Å². The molecule has 2 heterocycles. The summed E-state index contributed by atoms with van der Waals surface area (Å²) in [6.07, 6.45) is 1.82. The van der Waals surface area contributed by atoms with Gasteiger partial charge >= 0.3 is 0 Å². The number of carbonyl (C=O) groups is 1. The van der Waals surface area contributed by atoms with E-state index in [1.807, 2.05) is 13.8 Å². The maximum Gasteiger partial charge on any atom is 0.263 e. The van der Waals surface area contributed by atoms with Crippen molar-refractivity contribution in [2.45, 2.75) is 51.9 Å². The van der Waals surface area contributed by atoms with E-state index in [1.54, 1.807) is 28.6 Å². The van der Waals surface area contributed by atoms with Gasteiger partial charge in [-0.15, -0.1) is 11.3 Å². The summed E-state index contributed by atoms with van der Waals surface area (Å²) in [5, 5.41) is 1.24. The smallest absolute Gasteiger partial charge is 0.263 e. The zero-order chi connectivity index (χ0) is 23.4. The molecule has 32 heavy (non-hydrogen) atoms. The Morgan fingerprint density at radius 1 is 1.34 bits per heavy atom. The van der Waals surface area contributed by atoms with E-state index in [1.165, 1.54) is 36.3 Å². The molecule has 1 amide bonds. The minimum Gasteiger partial charge on any atom is -0.494 e. The van der Waals surface area contributed by atoms with Crippen LogP contribution in [0.2, 0.25) is 0 Å². The highest BCUT2D eigenvalue weighted by atomic mass is 32.2. The Morgan fingerprint density at radius 3 is 2.75 bits per heavy atom. The lowest BCUT2D eigenvalue weighted by Gasteiger charge is -2.18. The van der Waals surface area contributed by atoms with E-state index < -0.39 is 5.82 Å². The summed E-state index contributed by atoms with van der Waals surface area (Å²) in [6.45, 7) is 6.87. The second-order valence-electron chi connectivity index (χ2n) is 7.68. The first kappa shape index (κ1) is 24.3. The van der Waals surface area contributed by atoms with E-state index in [9.17, 15) is 14.0 Å². The zero-order valence-corrected chi connectivity index (χ0v) is 20.7. The van der Waals surface area contributed by atoms with Crippen molar-refractivity contribution in [1.82, 2.24) is 14.5 Å². The van der Waals surface area contributed by atoms with E-state index >= 15 is 0 Å². The van der Waals surface area contributed by atoms with Crippen molar-refractivity contribution in [2.24, 2.45) is 0 Å². The van der Waals surface area contributed by atoms with Crippen LogP contribution in [0.25, 0.3) is 10.2 Å². The number of unbranched alkanes of at least 4 members (excludes halogenated alkanes) is 1. The number of nitrogens with zero attached hydrogens (tertiary/aromatic N) is 3. The number of methoxy groups -OCH3 is 1. The quantitative estimate of drug-likeness (QED) is 0.328. The van der Waals surface area contributed by atoms with Crippen LogP contribution in [0.15, 0.2) is 28.2 Å². The van der Waals surface area contributed by atoms with E-state index in [0.717, 1.165) is 28.1 Å². The molecule has 0 saturated heterocycles. The molecule has 6 nitrogen and oxygen atoms in total. The molecule has 0 N–H and O–H groups in total. The lowest BCUT2D eigenvalue weighted by molar-refractivity contribution is -0.127. The largest absolute Gasteiger partial charge is 0.494 e. The molecule has 3 rings (SSSR count). The maximum absolute atomic E-state index is 13.9. The van der Waals surface area contributed by atoms with Gasteiger partial charge in [-0.05, 0) is 43.5 Å². The molecule has 0 unspecified atom stereocenters. The number of ether oxygens (including phenoxy) is 1. The molecule has 172 valence electrons. The summed E-state index contributed by atoms with van der Waals surface area (Å²) in [6, 6.07) is 4.65. The molecule has 0 spiro atoms. The Labute approximate surface area is 195 Å². The average molecular weight is 478 g/mol. The summed E-state index contributed by atoms with van der Waals surface area (Å²) < 4.78 is 20.6. The summed E-state index contributed by atoms with van der Waals surface area (Å²) in [5.74, 6) is -0.271. The van der Waals surface area contributed by atoms with Crippen molar-refractivity contribution < 1.29 is 13.9 Å². The lowest BCUT2D eigenvalue weighted by Crippen LogP contribution is -2.29. The Kier molecular flexibility index (Phi) is 7.95. The van der Waals surface area contributed by atoms with E-state index in [2.05, 4.69) is 6.92 Å². The molecule has 0 aliphatic rings. The number of rotatable bonds is 9. The maximum atomic E-state index is 13.9. The molecule has 0 radical (unpaired) electrons. The Hall–Kier alpha value is -2.39. The minimum absolute atomic E-state index is 0.0395. The molecule has 0 aliphatic carbocycles. The number of benzene rings is 1. The monoisotopic (exact) mass is 477 g/mol. The lowest BCUT2D eigenvalue weighted by atomic mass is 10.2. The Bertz CT molecular complexity index is 1190. The highest BCUT2D eigenvalue weighted by Crippen LogP contribution is 2.28. The highest BCUT2D eigenvalue weighted by Gasteiger charge is 2.18. The topological polar surface area (TPSA) is 64.4 Å². The van der Waals surface area contributed by atoms with Gasteiger partial charge in [0.2, 0.25) is 5.91 Å². The summed E-state index contributed by atoms with van der Waals surface area (Å²) in [5.41, 5.74) is 1.61. The van der Waals surface area contributed by atoms with Gasteiger partial charge in [-0.2, -0.15) is 0 Å². The number of amides is 1. The van der Waals surface area contributed by atoms with Gasteiger partial charge in [-0.25, -0.2) is 9.37 Å². The molecule has 0 aliphatic heterocycles. The van der Waals surface area contributed by atoms with Crippen LogP contribution < -0.4 is 10.3 Å². The minimum atomic E-state index is -0.459. The predicted molar refractivity (Wildman–Crippen MR) is 128 cm³/mol. The summed E-state index contributed by atoms with van der Waals surface area (Å²) in [7, 11) is 3.09. The second-order valence-corrected chi connectivity index (χ2v) is 9.82. The number of hydrogen-bond donors (Lipinski definition) is 0. The van der Waals surface area contributed by atoms with Crippen LogP contribution >= 0.6 is 23.1 Å². The zero-order valence-electron chi connectivity index (χ0n) is 19.0. The fourth-order valence-corrected chi connectivity index (χ4v) is 5.38. The number of thioether (sulfide) groups is 1. The van der Waals surface area contributed by atoms with Gasteiger partial charge in [0.25, 0.3) is 5.56 Å². The number of carbonyl (C=O) groups excluding carboxylic acids is 1. The first-order chi connectivity index (χ1) is 15.3. The van der Waals surface area contributed by atoms with Crippen molar-refractivity contribution in [1.29, 1.82) is 0 Å². The van der Waals surface area contributed by atoms with Gasteiger partial charge < -0.3 is 9.64 Å². The van der Waals surface area contributed by atoms with Crippen LogP contribution in [-0.4, -0.2) is 40.3 Å². The number of thiophene rings is 1. The third kappa shape index (κ3) is 5.15. The van der Waals surface area contributed by atoms with Crippen molar-refractivity contribution in [3.63, 3.8) is 0 Å². The van der Waals surface area contributed by atoms with E-state index in [4.69, 9.17) is 9.72 Å². The fourth-order valence-electron chi connectivity index (χ4n) is 3.34. The number of aryl methyl sites for hydroxylation is 2. The highest BCUT2D eigenvalue weighted by molar-refractivity contribution is 7.99. The Balaban J connectivity index is 1.77. The molecule has 2 aromatic heterocycles. The first-order valence-electron chi connectivity index (χ1n) is 10.5. The molecule has 0 bridgehead atoms. The van der Waals surface area contributed by atoms with Crippen LogP contribution in [0.5, 0.6) is 5.75 Å². The van der Waals surface area contributed by atoms with Crippen LogP contribution in [0, 0.1) is 19.7 Å². The van der Waals surface area contributed by atoms with Gasteiger partial charge in [0.1, 0.15) is 4.83 Å². The SMILES string of the molecule is CCCCn1c(SCC(=O)N(C)Cc2ccc(OC)c(F)c2)nc2sc(C)c(C)c2c1=O.